The molecule has 166 valence electrons. The minimum Gasteiger partial charge on any atom is -0.391 e. The molecular weight excluding hydrogens is 394 g/mol. The predicted octanol–water partition coefficient (Wildman–Crippen LogP) is 1.73. The van der Waals surface area contributed by atoms with E-state index in [2.05, 4.69) is 33.8 Å². The van der Waals surface area contributed by atoms with Gasteiger partial charge in [0, 0.05) is 25.6 Å². The summed E-state index contributed by atoms with van der Waals surface area (Å²) in [6.45, 7) is 6.03. The van der Waals surface area contributed by atoms with Crippen molar-refractivity contribution in [1.82, 2.24) is 25.2 Å². The zero-order valence-electron chi connectivity index (χ0n) is 18.6. The van der Waals surface area contributed by atoms with Crippen molar-refractivity contribution in [1.29, 1.82) is 0 Å². The van der Waals surface area contributed by atoms with Crippen molar-refractivity contribution in [3.63, 3.8) is 0 Å². The lowest BCUT2D eigenvalue weighted by Gasteiger charge is -2.34. The van der Waals surface area contributed by atoms with Crippen LogP contribution in [0.25, 0.3) is 11.3 Å². The van der Waals surface area contributed by atoms with E-state index in [-0.39, 0.29) is 24.8 Å². The third-order valence-corrected chi connectivity index (χ3v) is 6.33. The first-order valence-corrected chi connectivity index (χ1v) is 10.9. The summed E-state index contributed by atoms with van der Waals surface area (Å²) in [7, 11) is 1.54. The van der Waals surface area contributed by atoms with Crippen molar-refractivity contribution >= 4 is 11.8 Å². The van der Waals surface area contributed by atoms with Gasteiger partial charge in [0.2, 0.25) is 11.8 Å². The molecule has 2 heterocycles. The minimum atomic E-state index is -0.718. The highest BCUT2D eigenvalue weighted by molar-refractivity contribution is 5.90. The summed E-state index contributed by atoms with van der Waals surface area (Å²) < 4.78 is 1.61. The van der Waals surface area contributed by atoms with Crippen molar-refractivity contribution in [3.05, 3.63) is 35.5 Å². The van der Waals surface area contributed by atoms with E-state index in [9.17, 15) is 14.7 Å². The second-order valence-corrected chi connectivity index (χ2v) is 9.70. The minimum absolute atomic E-state index is 0.135. The van der Waals surface area contributed by atoms with Crippen LogP contribution in [0.3, 0.4) is 0 Å². The van der Waals surface area contributed by atoms with Gasteiger partial charge in [0.1, 0.15) is 17.8 Å². The number of β-amino-alcohol motifs (C(OH)–C–C–N with tert-alkyl or cyclic N) is 1. The number of nitrogens with one attached hydrogen (secondary N) is 1. The normalized spacial score (nSPS) is 21.8. The molecule has 4 rings (SSSR count). The van der Waals surface area contributed by atoms with Crippen LogP contribution < -0.4 is 5.32 Å². The molecule has 2 amide bonds. The molecule has 0 radical (unpaired) electrons. The second kappa shape index (κ2) is 8.07. The Hall–Kier alpha value is -2.74. The Bertz CT molecular complexity index is 993. The molecule has 2 unspecified atom stereocenters. The molecular formula is C23H31N5O3. The van der Waals surface area contributed by atoms with Crippen molar-refractivity contribution in [2.75, 3.05) is 13.6 Å². The van der Waals surface area contributed by atoms with Crippen LogP contribution in [0.1, 0.15) is 50.8 Å². The molecule has 1 aliphatic heterocycles. The van der Waals surface area contributed by atoms with Gasteiger partial charge in [-0.3, -0.25) is 9.59 Å². The fraction of sp³-hybridized carbons (Fsp3) is 0.565. The number of rotatable bonds is 4. The van der Waals surface area contributed by atoms with Gasteiger partial charge in [-0.2, -0.15) is 0 Å². The van der Waals surface area contributed by atoms with Crippen LogP contribution in [0.2, 0.25) is 0 Å². The first kappa shape index (κ1) is 21.5. The molecule has 1 saturated heterocycles. The summed E-state index contributed by atoms with van der Waals surface area (Å²) in [4.78, 5) is 27.4. The van der Waals surface area contributed by atoms with E-state index in [0.717, 1.165) is 24.1 Å². The fourth-order valence-electron chi connectivity index (χ4n) is 4.78. The first-order valence-electron chi connectivity index (χ1n) is 10.9. The van der Waals surface area contributed by atoms with E-state index in [1.807, 2.05) is 27.0 Å². The SMILES string of the molecule is CNC(=O)C1CC(O)CN1C(=O)[C@@H](n1cc(-c2ccc3c(c2)CCC3)nn1)C(C)(C)C. The van der Waals surface area contributed by atoms with Gasteiger partial charge in [-0.1, -0.05) is 38.1 Å². The number of aliphatic hydroxyl groups is 1. The molecule has 8 nitrogen and oxygen atoms in total. The standard InChI is InChI=1S/C23H31N5O3/c1-23(2,3)20(22(31)27-12-17(29)11-19(27)21(30)24-4)28-13-18(25-26-28)16-9-8-14-6-5-7-15(14)10-16/h8-10,13,17,19-20,29H,5-7,11-12H2,1-4H3,(H,24,30)/t17?,19?,20-/m1/s1. The van der Waals surface area contributed by atoms with Gasteiger partial charge in [0.05, 0.1) is 12.3 Å². The van der Waals surface area contributed by atoms with E-state index in [1.165, 1.54) is 29.5 Å². The number of aliphatic hydroxyl groups excluding tert-OH is 1. The van der Waals surface area contributed by atoms with Crippen molar-refractivity contribution in [3.8, 4) is 11.3 Å². The number of likely N-dealkylation sites (tertiary alicyclic amines) is 1. The summed E-state index contributed by atoms with van der Waals surface area (Å²) in [6.07, 6.45) is 4.71. The maximum Gasteiger partial charge on any atom is 0.248 e. The number of aromatic nitrogens is 3. The lowest BCUT2D eigenvalue weighted by Crippen LogP contribution is -2.49. The van der Waals surface area contributed by atoms with E-state index in [0.29, 0.717) is 0 Å². The van der Waals surface area contributed by atoms with Crippen LogP contribution in [-0.2, 0) is 22.4 Å². The molecule has 1 aromatic heterocycles. The maximum absolute atomic E-state index is 13.6. The van der Waals surface area contributed by atoms with Gasteiger partial charge in [0.25, 0.3) is 0 Å². The number of nitrogens with zero attached hydrogens (tertiary/aromatic N) is 4. The lowest BCUT2D eigenvalue weighted by atomic mass is 9.85. The average molecular weight is 426 g/mol. The Labute approximate surface area is 182 Å². The average Bonchev–Trinajstić information content (AvgIpc) is 3.44. The molecule has 0 saturated carbocycles. The van der Waals surface area contributed by atoms with Crippen LogP contribution in [0, 0.1) is 5.41 Å². The van der Waals surface area contributed by atoms with Crippen LogP contribution in [-0.4, -0.2) is 62.6 Å². The third kappa shape index (κ3) is 4.08. The number of amides is 2. The Kier molecular flexibility index (Phi) is 5.60. The zero-order chi connectivity index (χ0) is 22.3. The first-order chi connectivity index (χ1) is 14.7. The molecule has 8 heteroatoms. The van der Waals surface area contributed by atoms with Gasteiger partial charge >= 0.3 is 0 Å². The van der Waals surface area contributed by atoms with Crippen molar-refractivity contribution in [2.45, 2.75) is 64.6 Å². The number of likely N-dealkylation sites (N-methyl/N-ethyl adjacent to an activating group) is 1. The summed E-state index contributed by atoms with van der Waals surface area (Å²) in [5, 5.41) is 21.4. The van der Waals surface area contributed by atoms with Crippen LogP contribution >= 0.6 is 0 Å². The van der Waals surface area contributed by atoms with Crippen LogP contribution in [0.5, 0.6) is 0 Å². The largest absolute Gasteiger partial charge is 0.391 e. The summed E-state index contributed by atoms with van der Waals surface area (Å²) in [5.74, 6) is -0.502. The Morgan fingerprint density at radius 3 is 2.68 bits per heavy atom. The van der Waals surface area contributed by atoms with Gasteiger partial charge in [-0.05, 0) is 41.9 Å². The molecule has 2 N–H and O–H groups in total. The third-order valence-electron chi connectivity index (χ3n) is 6.33. The maximum atomic E-state index is 13.6. The number of carbonyl (C=O) groups excluding carboxylic acids is 2. The smallest absolute Gasteiger partial charge is 0.248 e. The number of benzene rings is 1. The van der Waals surface area contributed by atoms with E-state index < -0.39 is 23.6 Å². The highest BCUT2D eigenvalue weighted by Crippen LogP contribution is 2.35. The Balaban J connectivity index is 1.65. The quantitative estimate of drug-likeness (QED) is 0.777. The number of hydrogen-bond acceptors (Lipinski definition) is 5. The van der Waals surface area contributed by atoms with E-state index >= 15 is 0 Å². The van der Waals surface area contributed by atoms with Crippen LogP contribution in [0.4, 0.5) is 0 Å². The molecule has 1 fully saturated rings. The van der Waals surface area contributed by atoms with Crippen LogP contribution in [0.15, 0.2) is 24.4 Å². The predicted molar refractivity (Wildman–Crippen MR) is 116 cm³/mol. The van der Waals surface area contributed by atoms with E-state index in [4.69, 9.17) is 0 Å². The summed E-state index contributed by atoms with van der Waals surface area (Å²) in [5.41, 5.74) is 4.00. The Morgan fingerprint density at radius 2 is 1.97 bits per heavy atom. The number of aryl methyl sites for hydroxylation is 2. The molecule has 31 heavy (non-hydrogen) atoms. The molecule has 2 aliphatic rings. The highest BCUT2D eigenvalue weighted by Gasteiger charge is 2.45. The molecule has 1 aromatic carbocycles. The van der Waals surface area contributed by atoms with Gasteiger partial charge in [-0.15, -0.1) is 5.10 Å². The molecule has 0 spiro atoms. The molecule has 0 bridgehead atoms. The second-order valence-electron chi connectivity index (χ2n) is 9.70. The van der Waals surface area contributed by atoms with Crippen molar-refractivity contribution < 1.29 is 14.7 Å². The van der Waals surface area contributed by atoms with Gasteiger partial charge in [-0.25, -0.2) is 4.68 Å². The number of hydrogen-bond donors (Lipinski definition) is 2. The fourth-order valence-corrected chi connectivity index (χ4v) is 4.78. The topological polar surface area (TPSA) is 100 Å². The summed E-state index contributed by atoms with van der Waals surface area (Å²) in [6, 6.07) is 5.05. The molecule has 2 aromatic rings. The zero-order valence-corrected chi connectivity index (χ0v) is 18.6. The monoisotopic (exact) mass is 425 g/mol. The van der Waals surface area contributed by atoms with Gasteiger partial charge < -0.3 is 15.3 Å². The molecule has 1 aliphatic carbocycles. The molecule has 3 atom stereocenters. The van der Waals surface area contributed by atoms with E-state index in [1.54, 1.807) is 4.68 Å². The summed E-state index contributed by atoms with van der Waals surface area (Å²) >= 11 is 0. The lowest BCUT2D eigenvalue weighted by molar-refractivity contribution is -0.144. The number of carbonyl (C=O) groups is 2. The highest BCUT2D eigenvalue weighted by atomic mass is 16.3. The Morgan fingerprint density at radius 1 is 1.23 bits per heavy atom. The number of fused-ring (bicyclic) bond motifs is 1. The van der Waals surface area contributed by atoms with Gasteiger partial charge in [0.15, 0.2) is 0 Å². The van der Waals surface area contributed by atoms with Crippen molar-refractivity contribution in [2.24, 2.45) is 5.41 Å².